The summed E-state index contributed by atoms with van der Waals surface area (Å²) < 4.78 is 20.9. The topological polar surface area (TPSA) is 95.1 Å². The molecule has 1 atom stereocenters. The van der Waals surface area contributed by atoms with Gasteiger partial charge in [0.25, 0.3) is 0 Å². The van der Waals surface area contributed by atoms with Crippen LogP contribution in [-0.2, 0) is 11.4 Å². The third-order valence-electron chi connectivity index (χ3n) is 4.27. The molecule has 0 bridgehead atoms. The van der Waals surface area contributed by atoms with Crippen molar-refractivity contribution in [1.29, 1.82) is 0 Å². The van der Waals surface area contributed by atoms with E-state index in [1.165, 1.54) is 16.8 Å². The number of benzene rings is 2. The van der Waals surface area contributed by atoms with E-state index in [1.807, 2.05) is 32.0 Å². The Kier molecular flexibility index (Phi) is 6.38. The molecule has 1 unspecified atom stereocenters. The Balaban J connectivity index is 1.63. The van der Waals surface area contributed by atoms with E-state index >= 15 is 0 Å². The number of para-hydroxylation sites is 2. The van der Waals surface area contributed by atoms with Gasteiger partial charge in [0.15, 0.2) is 5.82 Å². The first kappa shape index (κ1) is 20.7. The number of ether oxygens (including phenoxy) is 1. The maximum atomic E-state index is 13.7. The summed E-state index contributed by atoms with van der Waals surface area (Å²) in [6.07, 6.45) is 0. The second-order valence-corrected chi connectivity index (χ2v) is 7.82. The monoisotopic (exact) mass is 415 g/mol. The highest BCUT2D eigenvalue weighted by Gasteiger charge is 2.20. The van der Waals surface area contributed by atoms with Crippen LogP contribution in [0.5, 0.6) is 5.75 Å². The van der Waals surface area contributed by atoms with Crippen LogP contribution < -0.4 is 15.9 Å². The number of nitrogens with two attached hydrogens (primary N) is 1. The Labute approximate surface area is 172 Å². The number of carbonyl (C=O) groups is 1. The first-order chi connectivity index (χ1) is 13.9. The molecule has 0 aliphatic heterocycles. The fraction of sp³-hybridized carbons (Fsp3) is 0.250. The number of rotatable bonds is 7. The molecular weight excluding hydrogens is 393 g/mol. The number of aromatic nitrogens is 3. The molecule has 9 heteroatoms. The van der Waals surface area contributed by atoms with Crippen molar-refractivity contribution in [2.24, 2.45) is 0 Å². The second kappa shape index (κ2) is 8.95. The van der Waals surface area contributed by atoms with E-state index in [9.17, 15) is 9.18 Å². The lowest BCUT2D eigenvalue weighted by molar-refractivity contribution is -0.115. The predicted octanol–water partition coefficient (Wildman–Crippen LogP) is 3.45. The predicted molar refractivity (Wildman–Crippen MR) is 111 cm³/mol. The summed E-state index contributed by atoms with van der Waals surface area (Å²) in [4.78, 5) is 12.4. The van der Waals surface area contributed by atoms with E-state index in [0.717, 1.165) is 28.6 Å². The maximum absolute atomic E-state index is 13.7. The number of carbonyl (C=O) groups excluding carboxylic acids is 1. The number of nitrogens with zero attached hydrogens (tertiary/aromatic N) is 3. The summed E-state index contributed by atoms with van der Waals surface area (Å²) in [5, 5.41) is 10.4. The van der Waals surface area contributed by atoms with E-state index in [2.05, 4.69) is 15.5 Å². The fourth-order valence-corrected chi connectivity index (χ4v) is 3.45. The van der Waals surface area contributed by atoms with Crippen LogP contribution in [-0.4, -0.2) is 26.0 Å². The van der Waals surface area contributed by atoms with Crippen molar-refractivity contribution in [3.05, 3.63) is 65.2 Å². The zero-order chi connectivity index (χ0) is 21.0. The minimum absolute atomic E-state index is 0.127. The molecule has 0 radical (unpaired) electrons. The molecule has 7 nitrogen and oxygen atoms in total. The highest BCUT2D eigenvalue weighted by Crippen LogP contribution is 2.25. The minimum atomic E-state index is -0.562. The Hall–Kier alpha value is -3.07. The molecule has 3 aromatic rings. The normalized spacial score (nSPS) is 11.9. The van der Waals surface area contributed by atoms with Gasteiger partial charge in [-0.05, 0) is 44.0 Å². The number of hydrogen-bond acceptors (Lipinski definition) is 6. The van der Waals surface area contributed by atoms with Crippen molar-refractivity contribution in [2.75, 3.05) is 11.2 Å². The zero-order valence-electron chi connectivity index (χ0n) is 16.3. The van der Waals surface area contributed by atoms with Gasteiger partial charge in [0.2, 0.25) is 11.1 Å². The molecule has 0 fully saturated rings. The molecule has 1 amide bonds. The minimum Gasteiger partial charge on any atom is -0.485 e. The van der Waals surface area contributed by atoms with Crippen LogP contribution in [0.15, 0.2) is 47.6 Å². The summed E-state index contributed by atoms with van der Waals surface area (Å²) in [5.74, 6) is 6.42. The average molecular weight is 415 g/mol. The smallest absolute Gasteiger partial charge is 0.237 e. The largest absolute Gasteiger partial charge is 0.485 e. The summed E-state index contributed by atoms with van der Waals surface area (Å²) >= 11 is 1.13. The number of halogens is 1. The molecule has 0 spiro atoms. The molecule has 3 rings (SSSR count). The van der Waals surface area contributed by atoms with Gasteiger partial charge in [-0.1, -0.05) is 42.1 Å². The van der Waals surface area contributed by atoms with Gasteiger partial charge in [-0.15, -0.1) is 10.2 Å². The lowest BCUT2D eigenvalue weighted by Crippen LogP contribution is -2.24. The van der Waals surface area contributed by atoms with E-state index in [1.54, 1.807) is 19.1 Å². The van der Waals surface area contributed by atoms with E-state index in [4.69, 9.17) is 10.6 Å². The third kappa shape index (κ3) is 4.86. The summed E-state index contributed by atoms with van der Waals surface area (Å²) in [6, 6.07) is 11.9. The summed E-state index contributed by atoms with van der Waals surface area (Å²) in [7, 11) is 0. The summed E-state index contributed by atoms with van der Waals surface area (Å²) in [5.41, 5.74) is 2.16. The van der Waals surface area contributed by atoms with Crippen LogP contribution in [0.3, 0.4) is 0 Å². The number of nitrogens with one attached hydrogen (secondary N) is 1. The fourth-order valence-electron chi connectivity index (χ4n) is 2.66. The number of amides is 1. The van der Waals surface area contributed by atoms with Crippen molar-refractivity contribution < 1.29 is 13.9 Å². The highest BCUT2D eigenvalue weighted by atomic mass is 32.2. The Morgan fingerprint density at radius 3 is 2.59 bits per heavy atom. The van der Waals surface area contributed by atoms with Crippen molar-refractivity contribution in [2.45, 2.75) is 37.8 Å². The zero-order valence-corrected chi connectivity index (χ0v) is 17.2. The molecule has 3 N–H and O–H groups in total. The van der Waals surface area contributed by atoms with Crippen LogP contribution in [0, 0.1) is 19.7 Å². The Morgan fingerprint density at radius 2 is 1.90 bits per heavy atom. The van der Waals surface area contributed by atoms with E-state index in [-0.39, 0.29) is 18.2 Å². The van der Waals surface area contributed by atoms with Crippen LogP contribution >= 0.6 is 11.8 Å². The van der Waals surface area contributed by atoms with Crippen molar-refractivity contribution in [1.82, 2.24) is 14.9 Å². The van der Waals surface area contributed by atoms with Crippen LogP contribution in [0.2, 0.25) is 0 Å². The maximum Gasteiger partial charge on any atom is 0.237 e. The molecule has 0 saturated carbocycles. The molecule has 0 saturated heterocycles. The van der Waals surface area contributed by atoms with Gasteiger partial charge in [0, 0.05) is 0 Å². The average Bonchev–Trinajstić information content (AvgIpc) is 3.03. The van der Waals surface area contributed by atoms with Gasteiger partial charge < -0.3 is 15.9 Å². The van der Waals surface area contributed by atoms with Crippen molar-refractivity contribution in [3.8, 4) is 5.75 Å². The van der Waals surface area contributed by atoms with Crippen LogP contribution in [0.25, 0.3) is 0 Å². The Morgan fingerprint density at radius 1 is 1.21 bits per heavy atom. The molecule has 0 aliphatic rings. The van der Waals surface area contributed by atoms with Gasteiger partial charge in [-0.3, -0.25) is 4.79 Å². The number of hydrogen-bond donors (Lipinski definition) is 2. The molecule has 0 aliphatic carbocycles. The van der Waals surface area contributed by atoms with Crippen LogP contribution in [0.1, 0.15) is 23.9 Å². The first-order valence-electron chi connectivity index (χ1n) is 8.97. The Bertz CT molecular complexity index is 1000. The lowest BCUT2D eigenvalue weighted by atomic mass is 10.1. The quantitative estimate of drug-likeness (QED) is 0.453. The van der Waals surface area contributed by atoms with Gasteiger partial charge in [0.05, 0.1) is 10.9 Å². The number of anilines is 1. The number of nitrogen functional groups attached to an aromatic ring is 1. The first-order valence-corrected chi connectivity index (χ1v) is 9.85. The number of thioether (sulfide) groups is 1. The standard InChI is InChI=1S/C20H22FN5O2S/c1-12-7-6-8-13(2)18(12)28-11-17-24-25-20(26(17)22)29-14(3)19(27)23-16-10-5-4-9-15(16)21/h4-10,14H,11,22H2,1-3H3,(H,23,27). The van der Waals surface area contributed by atoms with E-state index < -0.39 is 11.1 Å². The van der Waals surface area contributed by atoms with E-state index in [0.29, 0.717) is 11.0 Å². The SMILES string of the molecule is Cc1cccc(C)c1OCc1nnc(SC(C)C(=O)Nc2ccccc2F)n1N. The molecule has 29 heavy (non-hydrogen) atoms. The summed E-state index contributed by atoms with van der Waals surface area (Å²) in [6.45, 7) is 5.76. The van der Waals surface area contributed by atoms with Crippen LogP contribution in [0.4, 0.5) is 10.1 Å². The number of aryl methyl sites for hydroxylation is 2. The molecule has 152 valence electrons. The van der Waals surface area contributed by atoms with Gasteiger partial charge in [-0.25, -0.2) is 9.07 Å². The third-order valence-corrected chi connectivity index (χ3v) is 5.33. The van der Waals surface area contributed by atoms with Crippen molar-refractivity contribution >= 4 is 23.4 Å². The highest BCUT2D eigenvalue weighted by molar-refractivity contribution is 8.00. The molecule has 1 aromatic heterocycles. The molecule has 2 aromatic carbocycles. The van der Waals surface area contributed by atoms with Crippen molar-refractivity contribution in [3.63, 3.8) is 0 Å². The second-order valence-electron chi connectivity index (χ2n) is 6.51. The molecule has 1 heterocycles. The lowest BCUT2D eigenvalue weighted by Gasteiger charge is -2.13. The van der Waals surface area contributed by atoms with Gasteiger partial charge in [-0.2, -0.15) is 0 Å². The molecular formula is C20H22FN5O2S. The van der Waals surface area contributed by atoms with Gasteiger partial charge >= 0.3 is 0 Å². The van der Waals surface area contributed by atoms with Gasteiger partial charge in [0.1, 0.15) is 18.2 Å².